The first-order valence-corrected chi connectivity index (χ1v) is 13.2. The summed E-state index contributed by atoms with van der Waals surface area (Å²) in [4.78, 5) is 25.8. The molecule has 9 nitrogen and oxygen atoms in total. The van der Waals surface area contributed by atoms with E-state index in [1.807, 2.05) is 26.8 Å². The van der Waals surface area contributed by atoms with Gasteiger partial charge in [0.25, 0.3) is 11.8 Å². The Kier molecular flexibility index (Phi) is 8.07. The van der Waals surface area contributed by atoms with Crippen LogP contribution >= 0.6 is 0 Å². The summed E-state index contributed by atoms with van der Waals surface area (Å²) in [6.07, 6.45) is 0.657. The van der Waals surface area contributed by atoms with Crippen molar-refractivity contribution in [2.45, 2.75) is 38.7 Å². The van der Waals surface area contributed by atoms with Gasteiger partial charge in [-0.25, -0.2) is 8.42 Å². The fraction of sp³-hybridized carbons (Fsp3) is 0.440. The number of para-hydroxylation sites is 1. The fourth-order valence-corrected chi connectivity index (χ4v) is 4.59. The van der Waals surface area contributed by atoms with E-state index in [0.29, 0.717) is 42.3 Å². The zero-order valence-corrected chi connectivity index (χ0v) is 21.6. The van der Waals surface area contributed by atoms with E-state index in [1.165, 1.54) is 4.31 Å². The third-order valence-electron chi connectivity index (χ3n) is 5.63. The average molecular weight is 504 g/mol. The minimum absolute atomic E-state index is 0.184. The Morgan fingerprint density at radius 2 is 1.89 bits per heavy atom. The fourth-order valence-electron chi connectivity index (χ4n) is 3.69. The number of rotatable bonds is 8. The Bertz CT molecular complexity index is 1190. The Morgan fingerprint density at radius 3 is 2.54 bits per heavy atom. The number of hydrogen-bond acceptors (Lipinski definition) is 6. The summed E-state index contributed by atoms with van der Waals surface area (Å²) in [5.74, 6) is -0.581. The van der Waals surface area contributed by atoms with Gasteiger partial charge in [0.2, 0.25) is 10.0 Å². The molecule has 1 unspecified atom stereocenters. The highest BCUT2D eigenvalue weighted by Crippen LogP contribution is 2.38. The number of fused-ring (bicyclic) bond motifs is 1. The van der Waals surface area contributed by atoms with Gasteiger partial charge < -0.3 is 20.1 Å². The number of benzene rings is 2. The zero-order chi connectivity index (χ0) is 25.8. The molecule has 0 spiro atoms. The van der Waals surface area contributed by atoms with Crippen molar-refractivity contribution >= 4 is 33.2 Å². The van der Waals surface area contributed by atoms with Gasteiger partial charge >= 0.3 is 0 Å². The summed E-state index contributed by atoms with van der Waals surface area (Å²) in [5, 5.41) is 5.53. The van der Waals surface area contributed by atoms with Crippen LogP contribution in [0.4, 0.5) is 11.4 Å². The number of methoxy groups -OCH3 is 1. The van der Waals surface area contributed by atoms with Crippen LogP contribution in [0.1, 0.15) is 43.1 Å². The van der Waals surface area contributed by atoms with Crippen molar-refractivity contribution in [3.8, 4) is 5.75 Å². The highest BCUT2D eigenvalue weighted by molar-refractivity contribution is 7.92. The van der Waals surface area contributed by atoms with Crippen molar-refractivity contribution in [3.05, 3.63) is 53.6 Å². The number of ether oxygens (including phenoxy) is 2. The van der Waals surface area contributed by atoms with Crippen molar-refractivity contribution in [1.82, 2.24) is 5.32 Å². The highest BCUT2D eigenvalue weighted by Gasteiger charge is 2.36. The molecule has 0 aliphatic carbocycles. The van der Waals surface area contributed by atoms with Crippen LogP contribution in [0.25, 0.3) is 0 Å². The van der Waals surface area contributed by atoms with Gasteiger partial charge in [-0.15, -0.1) is 0 Å². The maximum absolute atomic E-state index is 13.1. The summed E-state index contributed by atoms with van der Waals surface area (Å²) in [6.45, 7) is 6.86. The predicted molar refractivity (Wildman–Crippen MR) is 136 cm³/mol. The van der Waals surface area contributed by atoms with Gasteiger partial charge in [0.1, 0.15) is 5.75 Å². The van der Waals surface area contributed by atoms with E-state index in [-0.39, 0.29) is 17.9 Å². The van der Waals surface area contributed by atoms with Gasteiger partial charge in [-0.05, 0) is 41.7 Å². The Hall–Kier alpha value is -3.11. The van der Waals surface area contributed by atoms with E-state index in [9.17, 15) is 18.0 Å². The average Bonchev–Trinajstić information content (AvgIpc) is 2.79. The molecule has 3 rings (SSSR count). The lowest BCUT2D eigenvalue weighted by atomic mass is 9.86. The van der Waals surface area contributed by atoms with Crippen LogP contribution in [-0.4, -0.2) is 59.4 Å². The van der Waals surface area contributed by atoms with Gasteiger partial charge in [-0.1, -0.05) is 39.0 Å². The molecule has 1 heterocycles. The van der Waals surface area contributed by atoms with Crippen molar-refractivity contribution in [3.63, 3.8) is 0 Å². The van der Waals surface area contributed by atoms with E-state index in [4.69, 9.17) is 9.47 Å². The molecule has 0 saturated carbocycles. The summed E-state index contributed by atoms with van der Waals surface area (Å²) in [6, 6.07) is 12.0. The number of sulfonamides is 1. The first kappa shape index (κ1) is 26.5. The van der Waals surface area contributed by atoms with Gasteiger partial charge in [0, 0.05) is 20.3 Å². The molecule has 2 aromatic carbocycles. The smallest absolute Gasteiger partial charge is 0.267 e. The molecule has 0 radical (unpaired) electrons. The first-order chi connectivity index (χ1) is 16.4. The normalized spacial score (nSPS) is 15.7. The monoisotopic (exact) mass is 503 g/mol. The molecule has 0 saturated heterocycles. The minimum Gasteiger partial charge on any atom is -0.476 e. The second-order valence-corrected chi connectivity index (χ2v) is 11.4. The van der Waals surface area contributed by atoms with Gasteiger partial charge in [-0.2, -0.15) is 0 Å². The van der Waals surface area contributed by atoms with Crippen LogP contribution in [0.5, 0.6) is 5.75 Å². The van der Waals surface area contributed by atoms with Crippen molar-refractivity contribution in [1.29, 1.82) is 0 Å². The van der Waals surface area contributed by atoms with E-state index < -0.39 is 22.0 Å². The Labute approximate surface area is 206 Å². The van der Waals surface area contributed by atoms with Crippen molar-refractivity contribution in [2.24, 2.45) is 0 Å². The number of nitrogens with one attached hydrogen (secondary N) is 2. The summed E-state index contributed by atoms with van der Waals surface area (Å²) >= 11 is 0. The predicted octanol–water partition coefficient (Wildman–Crippen LogP) is 2.92. The molecule has 0 fully saturated rings. The third kappa shape index (κ3) is 6.52. The summed E-state index contributed by atoms with van der Waals surface area (Å²) in [5.41, 5.74) is 1.76. The first-order valence-electron chi connectivity index (χ1n) is 11.4. The molecule has 1 aliphatic heterocycles. The molecule has 2 N–H and O–H groups in total. The molecule has 0 aromatic heterocycles. The number of amides is 2. The molecule has 2 aromatic rings. The van der Waals surface area contributed by atoms with Crippen LogP contribution in [0.15, 0.2) is 42.5 Å². The summed E-state index contributed by atoms with van der Waals surface area (Å²) in [7, 11) is -2.09. The lowest BCUT2D eigenvalue weighted by molar-refractivity contribution is -0.122. The topological polar surface area (TPSA) is 114 Å². The number of anilines is 2. The second-order valence-electron chi connectivity index (χ2n) is 9.47. The van der Waals surface area contributed by atoms with Crippen LogP contribution in [-0.2, 0) is 25.0 Å². The van der Waals surface area contributed by atoms with Crippen LogP contribution in [0.2, 0.25) is 0 Å². The van der Waals surface area contributed by atoms with E-state index in [1.54, 1.807) is 43.5 Å². The Morgan fingerprint density at radius 1 is 1.17 bits per heavy atom. The zero-order valence-electron chi connectivity index (χ0n) is 20.8. The van der Waals surface area contributed by atoms with Gasteiger partial charge in [0.05, 0.1) is 29.7 Å². The van der Waals surface area contributed by atoms with E-state index in [0.717, 1.165) is 11.8 Å². The molecule has 35 heavy (non-hydrogen) atoms. The maximum Gasteiger partial charge on any atom is 0.267 e. The quantitative estimate of drug-likeness (QED) is 0.536. The second kappa shape index (κ2) is 10.7. The highest BCUT2D eigenvalue weighted by atomic mass is 32.2. The molecule has 10 heteroatoms. The maximum atomic E-state index is 13.1. The third-order valence-corrected chi connectivity index (χ3v) is 6.77. The molecule has 0 bridgehead atoms. The van der Waals surface area contributed by atoms with Crippen LogP contribution in [0.3, 0.4) is 0 Å². The minimum atomic E-state index is -3.68. The van der Waals surface area contributed by atoms with E-state index in [2.05, 4.69) is 10.6 Å². The molecule has 1 aliphatic rings. The lowest BCUT2D eigenvalue weighted by Crippen LogP contribution is -2.48. The van der Waals surface area contributed by atoms with Gasteiger partial charge in [-0.3, -0.25) is 13.9 Å². The van der Waals surface area contributed by atoms with Crippen LogP contribution < -0.4 is 19.7 Å². The molecule has 2 amide bonds. The SMILES string of the molecule is COCCCNC(=O)c1ccccc1NC(=O)C1CN(S(C)(=O)=O)c2cc(C(C)(C)C)ccc2O1. The summed E-state index contributed by atoms with van der Waals surface area (Å²) < 4.78 is 37.3. The van der Waals surface area contributed by atoms with Gasteiger partial charge in [0.15, 0.2) is 6.10 Å². The number of carbonyl (C=O) groups is 2. The van der Waals surface area contributed by atoms with Crippen LogP contribution in [0, 0.1) is 0 Å². The van der Waals surface area contributed by atoms with Crippen molar-refractivity contribution < 1.29 is 27.5 Å². The van der Waals surface area contributed by atoms with E-state index >= 15 is 0 Å². The number of nitrogens with zero attached hydrogens (tertiary/aromatic N) is 1. The number of carbonyl (C=O) groups excluding carboxylic acids is 2. The van der Waals surface area contributed by atoms with Crippen molar-refractivity contribution in [2.75, 3.05) is 42.7 Å². The Balaban J connectivity index is 1.82. The molecular formula is C25H33N3O6S. The molecular weight excluding hydrogens is 470 g/mol. The lowest BCUT2D eigenvalue weighted by Gasteiger charge is -2.35. The largest absolute Gasteiger partial charge is 0.476 e. The number of hydrogen-bond donors (Lipinski definition) is 2. The molecule has 1 atom stereocenters. The standard InChI is InChI=1S/C25H33N3O6S/c1-25(2,3)17-11-12-21-20(15-17)28(35(5,31)32)16-22(34-21)24(30)27-19-10-7-6-9-18(19)23(29)26-13-8-14-33-4/h6-7,9-12,15,22H,8,13-14,16H2,1-5H3,(H,26,29)(H,27,30). The molecule has 190 valence electrons.